The van der Waals surface area contributed by atoms with Crippen molar-refractivity contribution in [3.63, 3.8) is 0 Å². The molecular formula is C12H6Cl2I2. The molecule has 0 aliphatic carbocycles. The minimum absolute atomic E-state index is 0.663. The van der Waals surface area contributed by atoms with Gasteiger partial charge in [-0.15, -0.1) is 0 Å². The fraction of sp³-hybridized carbons (Fsp3) is 0. The molecule has 2 aromatic rings. The van der Waals surface area contributed by atoms with Crippen molar-refractivity contribution in [1.82, 2.24) is 0 Å². The third kappa shape index (κ3) is 3.24. The summed E-state index contributed by atoms with van der Waals surface area (Å²) >= 11 is 16.6. The number of halogens is 4. The van der Waals surface area contributed by atoms with Crippen LogP contribution in [0.25, 0.3) is 11.1 Å². The SMILES string of the molecule is Clc1cc(Cl)cc(-c2cc(I)cc(I)c2)c1. The van der Waals surface area contributed by atoms with E-state index in [-0.39, 0.29) is 0 Å². The van der Waals surface area contributed by atoms with Crippen LogP contribution in [0.4, 0.5) is 0 Å². The smallest absolute Gasteiger partial charge is 0.0426 e. The van der Waals surface area contributed by atoms with Crippen LogP contribution in [-0.2, 0) is 0 Å². The number of rotatable bonds is 1. The maximum atomic E-state index is 5.99. The Bertz CT molecular complexity index is 449. The van der Waals surface area contributed by atoms with Gasteiger partial charge >= 0.3 is 0 Å². The Balaban J connectivity index is 2.57. The molecule has 82 valence electrons. The second-order valence-electron chi connectivity index (χ2n) is 3.32. The van der Waals surface area contributed by atoms with Gasteiger partial charge in [0.25, 0.3) is 0 Å². The molecule has 0 aromatic heterocycles. The molecule has 0 amide bonds. The Morgan fingerprint density at radius 1 is 0.625 bits per heavy atom. The van der Waals surface area contributed by atoms with Crippen molar-refractivity contribution in [3.8, 4) is 11.1 Å². The fourth-order valence-electron chi connectivity index (χ4n) is 1.44. The highest BCUT2D eigenvalue weighted by Gasteiger charge is 2.03. The van der Waals surface area contributed by atoms with Crippen LogP contribution in [0, 0.1) is 7.14 Å². The molecule has 0 saturated carbocycles. The average Bonchev–Trinajstić information content (AvgIpc) is 2.14. The lowest BCUT2D eigenvalue weighted by Crippen LogP contribution is -1.82. The van der Waals surface area contributed by atoms with E-state index in [1.165, 1.54) is 7.14 Å². The van der Waals surface area contributed by atoms with Gasteiger partial charge in [-0.05, 0) is 92.7 Å². The van der Waals surface area contributed by atoms with E-state index < -0.39 is 0 Å². The van der Waals surface area contributed by atoms with Crippen LogP contribution in [0.1, 0.15) is 0 Å². The lowest BCUT2D eigenvalue weighted by molar-refractivity contribution is 1.55. The number of hydrogen-bond acceptors (Lipinski definition) is 0. The molecule has 16 heavy (non-hydrogen) atoms. The van der Waals surface area contributed by atoms with Crippen LogP contribution < -0.4 is 0 Å². The largest absolute Gasteiger partial charge is 0.0843 e. The predicted molar refractivity (Wildman–Crippen MR) is 87.3 cm³/mol. The molecular weight excluding hydrogens is 469 g/mol. The first-order valence-corrected chi connectivity index (χ1v) is 7.38. The summed E-state index contributed by atoms with van der Waals surface area (Å²) in [7, 11) is 0. The topological polar surface area (TPSA) is 0 Å². The van der Waals surface area contributed by atoms with Gasteiger partial charge in [-0.3, -0.25) is 0 Å². The fourth-order valence-corrected chi connectivity index (χ4v) is 3.90. The number of hydrogen-bond donors (Lipinski definition) is 0. The second-order valence-corrected chi connectivity index (χ2v) is 6.68. The van der Waals surface area contributed by atoms with E-state index in [9.17, 15) is 0 Å². The first kappa shape index (κ1) is 12.9. The quantitative estimate of drug-likeness (QED) is 0.453. The third-order valence-electron chi connectivity index (χ3n) is 2.06. The molecule has 0 heterocycles. The molecule has 0 aliphatic heterocycles. The highest BCUT2D eigenvalue weighted by molar-refractivity contribution is 14.1. The maximum absolute atomic E-state index is 5.99. The van der Waals surface area contributed by atoms with Crippen LogP contribution in [0.3, 0.4) is 0 Å². The Kier molecular flexibility index (Phi) is 4.38. The summed E-state index contributed by atoms with van der Waals surface area (Å²) in [6, 6.07) is 11.9. The summed E-state index contributed by atoms with van der Waals surface area (Å²) < 4.78 is 2.41. The summed E-state index contributed by atoms with van der Waals surface area (Å²) in [5.41, 5.74) is 2.19. The van der Waals surface area contributed by atoms with Gasteiger partial charge in [-0.1, -0.05) is 23.2 Å². The zero-order valence-electron chi connectivity index (χ0n) is 7.98. The Morgan fingerprint density at radius 3 is 1.56 bits per heavy atom. The van der Waals surface area contributed by atoms with Gasteiger partial charge in [0.1, 0.15) is 0 Å². The second kappa shape index (κ2) is 5.42. The highest BCUT2D eigenvalue weighted by atomic mass is 127. The summed E-state index contributed by atoms with van der Waals surface area (Å²) in [6.07, 6.45) is 0. The molecule has 0 spiro atoms. The van der Waals surface area contributed by atoms with E-state index in [2.05, 4.69) is 63.4 Å². The summed E-state index contributed by atoms with van der Waals surface area (Å²) in [4.78, 5) is 0. The molecule has 0 aliphatic rings. The van der Waals surface area contributed by atoms with E-state index in [0.717, 1.165) is 11.1 Å². The van der Waals surface area contributed by atoms with Crippen molar-refractivity contribution in [2.75, 3.05) is 0 Å². The molecule has 2 rings (SSSR count). The van der Waals surface area contributed by atoms with E-state index in [1.54, 1.807) is 6.07 Å². The van der Waals surface area contributed by atoms with Crippen LogP contribution in [0.5, 0.6) is 0 Å². The van der Waals surface area contributed by atoms with Gasteiger partial charge in [-0.25, -0.2) is 0 Å². The molecule has 0 N–H and O–H groups in total. The van der Waals surface area contributed by atoms with Crippen molar-refractivity contribution in [2.24, 2.45) is 0 Å². The molecule has 0 atom stereocenters. The predicted octanol–water partition coefficient (Wildman–Crippen LogP) is 5.87. The van der Waals surface area contributed by atoms with Crippen molar-refractivity contribution < 1.29 is 0 Å². The number of benzene rings is 2. The highest BCUT2D eigenvalue weighted by Crippen LogP contribution is 2.29. The molecule has 0 saturated heterocycles. The normalized spacial score (nSPS) is 10.5. The van der Waals surface area contributed by atoms with Crippen molar-refractivity contribution in [2.45, 2.75) is 0 Å². The van der Waals surface area contributed by atoms with Gasteiger partial charge in [0, 0.05) is 17.2 Å². The Labute approximate surface area is 132 Å². The molecule has 0 radical (unpaired) electrons. The molecule has 0 fully saturated rings. The molecule has 0 bridgehead atoms. The Morgan fingerprint density at radius 2 is 1.06 bits per heavy atom. The average molecular weight is 475 g/mol. The van der Waals surface area contributed by atoms with Gasteiger partial charge in [0.15, 0.2) is 0 Å². The van der Waals surface area contributed by atoms with E-state index in [4.69, 9.17) is 23.2 Å². The lowest BCUT2D eigenvalue weighted by Gasteiger charge is -2.05. The first-order valence-electron chi connectivity index (χ1n) is 4.47. The van der Waals surface area contributed by atoms with Crippen molar-refractivity contribution in [1.29, 1.82) is 0 Å². The van der Waals surface area contributed by atoms with Crippen molar-refractivity contribution >= 4 is 68.4 Å². The summed E-state index contributed by atoms with van der Waals surface area (Å²) in [5.74, 6) is 0. The molecule has 0 unspecified atom stereocenters. The zero-order valence-corrected chi connectivity index (χ0v) is 13.8. The van der Waals surface area contributed by atoms with Crippen LogP contribution >= 0.6 is 68.4 Å². The first-order chi connectivity index (χ1) is 7.54. The summed E-state index contributed by atoms with van der Waals surface area (Å²) in [6.45, 7) is 0. The van der Waals surface area contributed by atoms with Crippen molar-refractivity contribution in [3.05, 3.63) is 53.6 Å². The minimum Gasteiger partial charge on any atom is -0.0843 e. The van der Waals surface area contributed by atoms with Gasteiger partial charge in [-0.2, -0.15) is 0 Å². The third-order valence-corrected chi connectivity index (χ3v) is 3.74. The zero-order chi connectivity index (χ0) is 11.7. The molecule has 2 aromatic carbocycles. The van der Waals surface area contributed by atoms with E-state index in [0.29, 0.717) is 10.0 Å². The Hall–Kier alpha value is 0.480. The lowest BCUT2D eigenvalue weighted by atomic mass is 10.1. The molecule has 4 heteroatoms. The van der Waals surface area contributed by atoms with E-state index in [1.807, 2.05) is 12.1 Å². The maximum Gasteiger partial charge on any atom is 0.0426 e. The van der Waals surface area contributed by atoms with Crippen LogP contribution in [0.15, 0.2) is 36.4 Å². The van der Waals surface area contributed by atoms with Gasteiger partial charge in [0.05, 0.1) is 0 Å². The van der Waals surface area contributed by atoms with Crippen LogP contribution in [0.2, 0.25) is 10.0 Å². The van der Waals surface area contributed by atoms with Crippen LogP contribution in [-0.4, -0.2) is 0 Å². The van der Waals surface area contributed by atoms with E-state index >= 15 is 0 Å². The van der Waals surface area contributed by atoms with Gasteiger partial charge < -0.3 is 0 Å². The summed E-state index contributed by atoms with van der Waals surface area (Å²) in [5, 5.41) is 1.33. The standard InChI is InChI=1S/C12H6Cl2I2/c13-9-1-7(2-10(14)5-9)8-3-11(15)6-12(16)4-8/h1-6H. The monoisotopic (exact) mass is 474 g/mol. The molecule has 0 nitrogen and oxygen atoms in total. The van der Waals surface area contributed by atoms with Gasteiger partial charge in [0.2, 0.25) is 0 Å². The minimum atomic E-state index is 0.663.